The van der Waals surface area contributed by atoms with Gasteiger partial charge in [-0.15, -0.1) is 0 Å². The molecule has 2 rings (SSSR count). The summed E-state index contributed by atoms with van der Waals surface area (Å²) in [6.07, 6.45) is 2.34. The number of aromatic hydroxyl groups is 1. The number of hydrogen-bond donors (Lipinski definition) is 1. The van der Waals surface area contributed by atoms with E-state index in [1.165, 1.54) is 6.07 Å². The molecule has 162 valence electrons. The second-order valence-corrected chi connectivity index (χ2v) is 9.52. The Balaban J connectivity index is 0.00000450. The largest absolute Gasteiger partial charge is 1.00 e. The van der Waals surface area contributed by atoms with Crippen LogP contribution < -0.4 is 29.6 Å². The number of rotatable bonds is 11. The van der Waals surface area contributed by atoms with Gasteiger partial charge in [0.15, 0.2) is 4.90 Å². The summed E-state index contributed by atoms with van der Waals surface area (Å²) >= 11 is 0. The molecule has 0 radical (unpaired) electrons. The Kier molecular flexibility index (Phi) is 11.0. The van der Waals surface area contributed by atoms with Crippen LogP contribution in [0, 0.1) is 0 Å². The molecule has 0 saturated heterocycles. The molecule has 0 fully saturated rings. The summed E-state index contributed by atoms with van der Waals surface area (Å²) in [6, 6.07) is 10.9. The van der Waals surface area contributed by atoms with Crippen LogP contribution in [0.25, 0.3) is 11.1 Å². The molecular formula is C20H27NaO7S2. The van der Waals surface area contributed by atoms with E-state index in [2.05, 4.69) is 0 Å². The molecule has 0 heterocycles. The normalized spacial score (nSPS) is 11.8. The van der Waals surface area contributed by atoms with Crippen molar-refractivity contribution in [2.24, 2.45) is 0 Å². The minimum Gasteiger partial charge on any atom is -1.00 e. The van der Waals surface area contributed by atoms with Crippen molar-refractivity contribution in [2.75, 3.05) is 13.2 Å². The van der Waals surface area contributed by atoms with E-state index in [9.17, 15) is 21.9 Å². The van der Waals surface area contributed by atoms with Crippen molar-refractivity contribution in [1.82, 2.24) is 0 Å². The molecule has 10 heteroatoms. The van der Waals surface area contributed by atoms with Gasteiger partial charge in [-0.2, -0.15) is 16.8 Å². The van der Waals surface area contributed by atoms with Crippen LogP contribution in [0.2, 0.25) is 0 Å². The van der Waals surface area contributed by atoms with Crippen LogP contribution in [-0.2, 0) is 28.6 Å². The summed E-state index contributed by atoms with van der Waals surface area (Å²) in [7, 11) is -9.04. The standard InChI is InChI=1S/C20H26O7S2.Na.H/c1-3-5-14-26-28(22,23)19-17(16-10-8-7-9-11-16)12-13-18(21)20(19)29(24,25)27-15-6-4-2;;/h7-13,21H,3-6,14-15H2,1-2H3;;/q;+1;-1. The number of hydrogen-bond acceptors (Lipinski definition) is 7. The Morgan fingerprint density at radius 3 is 1.80 bits per heavy atom. The first-order chi connectivity index (χ1) is 13.7. The van der Waals surface area contributed by atoms with E-state index in [0.29, 0.717) is 31.2 Å². The molecule has 2 aromatic rings. The van der Waals surface area contributed by atoms with Crippen molar-refractivity contribution < 1.29 is 61.3 Å². The zero-order chi connectivity index (χ0) is 21.5. The van der Waals surface area contributed by atoms with Gasteiger partial charge in [-0.05, 0) is 30.5 Å². The Morgan fingerprint density at radius 1 is 0.800 bits per heavy atom. The van der Waals surface area contributed by atoms with E-state index in [0.717, 1.165) is 6.07 Å². The van der Waals surface area contributed by atoms with Gasteiger partial charge in [0.05, 0.1) is 13.2 Å². The smallest absolute Gasteiger partial charge is 1.00 e. The third-order valence-corrected chi connectivity index (χ3v) is 7.07. The van der Waals surface area contributed by atoms with Crippen molar-refractivity contribution in [3.05, 3.63) is 42.5 Å². The molecule has 0 aromatic heterocycles. The first-order valence-electron chi connectivity index (χ1n) is 9.44. The average Bonchev–Trinajstić information content (AvgIpc) is 2.68. The van der Waals surface area contributed by atoms with Crippen molar-refractivity contribution in [3.63, 3.8) is 0 Å². The summed E-state index contributed by atoms with van der Waals surface area (Å²) in [5, 5.41) is 10.3. The van der Waals surface area contributed by atoms with E-state index in [1.807, 2.05) is 13.8 Å². The van der Waals surface area contributed by atoms with Gasteiger partial charge in [0.25, 0.3) is 10.1 Å². The first-order valence-corrected chi connectivity index (χ1v) is 12.3. The fourth-order valence-electron chi connectivity index (χ4n) is 2.63. The quantitative estimate of drug-likeness (QED) is 0.301. The number of phenolic OH excluding ortho intramolecular Hbond substituents is 1. The van der Waals surface area contributed by atoms with Crippen LogP contribution in [0.3, 0.4) is 0 Å². The number of phenols is 1. The maximum absolute atomic E-state index is 13.0. The van der Waals surface area contributed by atoms with Gasteiger partial charge in [0, 0.05) is 5.56 Å². The Hall–Kier alpha value is -0.940. The molecule has 1 N–H and O–H groups in total. The average molecular weight is 467 g/mol. The third-order valence-electron chi connectivity index (χ3n) is 4.15. The predicted octanol–water partition coefficient (Wildman–Crippen LogP) is 1.19. The Bertz CT molecular complexity index is 1030. The van der Waals surface area contributed by atoms with Gasteiger partial charge in [-0.3, -0.25) is 8.37 Å². The molecule has 0 aliphatic heterocycles. The second kappa shape index (κ2) is 12.2. The van der Waals surface area contributed by atoms with E-state index < -0.39 is 35.8 Å². The van der Waals surface area contributed by atoms with Gasteiger partial charge < -0.3 is 6.53 Å². The molecule has 0 spiro atoms. The van der Waals surface area contributed by atoms with Gasteiger partial charge >= 0.3 is 39.7 Å². The summed E-state index contributed by atoms with van der Waals surface area (Å²) in [4.78, 5) is -1.41. The van der Waals surface area contributed by atoms with Crippen LogP contribution >= 0.6 is 0 Å². The molecule has 0 saturated carbocycles. The summed E-state index contributed by atoms with van der Waals surface area (Å²) in [5.74, 6) is -0.709. The third kappa shape index (κ3) is 6.78. The predicted molar refractivity (Wildman–Crippen MR) is 111 cm³/mol. The zero-order valence-electron chi connectivity index (χ0n) is 18.5. The van der Waals surface area contributed by atoms with Crippen molar-refractivity contribution >= 4 is 20.2 Å². The van der Waals surface area contributed by atoms with Crippen molar-refractivity contribution in [3.8, 4) is 16.9 Å². The fourth-order valence-corrected chi connectivity index (χ4v) is 5.60. The van der Waals surface area contributed by atoms with E-state index in [-0.39, 0.29) is 49.8 Å². The topological polar surface area (TPSA) is 107 Å². The monoisotopic (exact) mass is 466 g/mol. The molecule has 2 aromatic carbocycles. The fraction of sp³-hybridized carbons (Fsp3) is 0.400. The van der Waals surface area contributed by atoms with Gasteiger partial charge in [-0.25, -0.2) is 0 Å². The molecular weight excluding hydrogens is 439 g/mol. The van der Waals surface area contributed by atoms with E-state index in [1.54, 1.807) is 30.3 Å². The Labute approximate surface area is 202 Å². The minimum absolute atomic E-state index is 0. The Morgan fingerprint density at radius 2 is 1.30 bits per heavy atom. The second-order valence-electron chi connectivity index (χ2n) is 6.42. The van der Waals surface area contributed by atoms with Crippen LogP contribution in [0.15, 0.2) is 52.3 Å². The zero-order valence-corrected chi connectivity index (χ0v) is 21.1. The van der Waals surface area contributed by atoms with Crippen LogP contribution in [0.4, 0.5) is 0 Å². The number of benzene rings is 2. The SMILES string of the molecule is CCCCOS(=O)(=O)c1c(O)ccc(-c2ccccc2)c1S(=O)(=O)OCCCC.[H-].[Na+]. The maximum atomic E-state index is 13.0. The molecule has 30 heavy (non-hydrogen) atoms. The van der Waals surface area contributed by atoms with Gasteiger partial charge in [0.1, 0.15) is 10.6 Å². The van der Waals surface area contributed by atoms with Crippen LogP contribution in [0.1, 0.15) is 41.0 Å². The molecule has 7 nitrogen and oxygen atoms in total. The molecule has 0 bridgehead atoms. The molecule has 0 amide bonds. The number of unbranched alkanes of at least 4 members (excludes halogenated alkanes) is 2. The van der Waals surface area contributed by atoms with Gasteiger partial charge in [0.2, 0.25) is 0 Å². The molecule has 0 unspecified atom stereocenters. The molecule has 0 aliphatic rings. The van der Waals surface area contributed by atoms with Crippen LogP contribution in [-0.4, -0.2) is 35.2 Å². The van der Waals surface area contributed by atoms with E-state index in [4.69, 9.17) is 8.37 Å². The van der Waals surface area contributed by atoms with Crippen molar-refractivity contribution in [2.45, 2.75) is 49.3 Å². The summed E-state index contributed by atoms with van der Waals surface area (Å²) in [6.45, 7) is 3.51. The van der Waals surface area contributed by atoms with Crippen LogP contribution in [0.5, 0.6) is 5.75 Å². The van der Waals surface area contributed by atoms with Gasteiger partial charge in [-0.1, -0.05) is 57.0 Å². The van der Waals surface area contributed by atoms with Crippen molar-refractivity contribution in [1.29, 1.82) is 0 Å². The molecule has 0 aliphatic carbocycles. The summed E-state index contributed by atoms with van der Waals surface area (Å²) < 4.78 is 61.7. The summed E-state index contributed by atoms with van der Waals surface area (Å²) in [5.41, 5.74) is 0.577. The first kappa shape index (κ1) is 27.1. The maximum Gasteiger partial charge on any atom is 1.00 e. The van der Waals surface area contributed by atoms with E-state index >= 15 is 0 Å². The minimum atomic E-state index is -4.55. The molecule has 0 atom stereocenters.